The Hall–Kier alpha value is -4.78. The third-order valence-corrected chi connectivity index (χ3v) is 6.15. The highest BCUT2D eigenvalue weighted by Crippen LogP contribution is 2.34. The smallest absolute Gasteiger partial charge is 0.264 e. The minimum Gasteiger partial charge on any atom is -0.457 e. The van der Waals surface area contributed by atoms with Crippen LogP contribution in [0, 0.1) is 17.1 Å². The second-order valence-electron chi connectivity index (χ2n) is 8.43. The molecule has 0 bridgehead atoms. The number of ether oxygens (including phenoxy) is 1. The van der Waals surface area contributed by atoms with Crippen LogP contribution in [0.1, 0.15) is 12.8 Å². The molecule has 5 rings (SSSR count). The number of carbonyl (C=O) groups excluding carboxylic acids is 1. The van der Waals surface area contributed by atoms with E-state index in [1.165, 1.54) is 12.4 Å². The zero-order valence-corrected chi connectivity index (χ0v) is 19.3. The highest BCUT2D eigenvalue weighted by molar-refractivity contribution is 5.98. The van der Waals surface area contributed by atoms with Gasteiger partial charge in [-0.3, -0.25) is 4.79 Å². The Bertz CT molecular complexity index is 1510. The minimum atomic E-state index is -0.541. The molecule has 1 fully saturated rings. The Kier molecular flexibility index (Phi) is 6.04. The van der Waals surface area contributed by atoms with Crippen LogP contribution in [-0.2, 0) is 11.3 Å². The molecule has 2 aromatic carbocycles. The van der Waals surface area contributed by atoms with E-state index in [1.807, 2.05) is 24.3 Å². The van der Waals surface area contributed by atoms with E-state index in [4.69, 9.17) is 15.7 Å². The SMILES string of the molecule is C=C(C#N)C(=O)N1CCC[C@@H]1Cn1nc(-c2ccc(Oc3ccccc3)cc2F)c2c(N)ncnc21. The van der Waals surface area contributed by atoms with E-state index < -0.39 is 11.7 Å². The lowest BCUT2D eigenvalue weighted by Crippen LogP contribution is -2.38. The van der Waals surface area contributed by atoms with Gasteiger partial charge < -0.3 is 15.4 Å². The summed E-state index contributed by atoms with van der Waals surface area (Å²) in [5.41, 5.74) is 7.00. The van der Waals surface area contributed by atoms with Crippen LogP contribution in [-0.4, -0.2) is 43.1 Å². The number of nitrogen functional groups attached to an aromatic ring is 1. The van der Waals surface area contributed by atoms with Crippen LogP contribution in [0.15, 0.2) is 67.0 Å². The van der Waals surface area contributed by atoms with Gasteiger partial charge in [0.15, 0.2) is 5.65 Å². The number of nitrogens with two attached hydrogens (primary N) is 1. The quantitative estimate of drug-likeness (QED) is 0.324. The summed E-state index contributed by atoms with van der Waals surface area (Å²) in [5.74, 6) is 0.162. The van der Waals surface area contributed by atoms with Gasteiger partial charge in [0.05, 0.1) is 18.0 Å². The molecule has 3 heterocycles. The highest BCUT2D eigenvalue weighted by atomic mass is 19.1. The first-order valence-corrected chi connectivity index (χ1v) is 11.4. The van der Waals surface area contributed by atoms with Crippen molar-refractivity contribution in [2.75, 3.05) is 12.3 Å². The summed E-state index contributed by atoms with van der Waals surface area (Å²) in [6, 6.07) is 15.2. The van der Waals surface area contributed by atoms with Crippen molar-refractivity contribution in [3.63, 3.8) is 0 Å². The molecular weight excluding hydrogens is 461 g/mol. The number of para-hydroxylation sites is 1. The van der Waals surface area contributed by atoms with Gasteiger partial charge in [-0.1, -0.05) is 24.8 Å². The van der Waals surface area contributed by atoms with E-state index in [9.17, 15) is 4.79 Å². The lowest BCUT2D eigenvalue weighted by Gasteiger charge is -2.24. The molecule has 1 aliphatic heterocycles. The second-order valence-corrected chi connectivity index (χ2v) is 8.43. The number of nitrogens with zero attached hydrogens (tertiary/aromatic N) is 6. The van der Waals surface area contributed by atoms with Crippen molar-refractivity contribution >= 4 is 22.8 Å². The molecule has 1 amide bonds. The van der Waals surface area contributed by atoms with E-state index in [-0.39, 0.29) is 23.0 Å². The van der Waals surface area contributed by atoms with Gasteiger partial charge in [0.2, 0.25) is 0 Å². The van der Waals surface area contributed by atoms with Crippen LogP contribution in [0.2, 0.25) is 0 Å². The number of nitriles is 1. The first kappa shape index (κ1) is 23.0. The molecule has 0 unspecified atom stereocenters. The molecule has 0 saturated carbocycles. The van der Waals surface area contributed by atoms with Gasteiger partial charge >= 0.3 is 0 Å². The van der Waals surface area contributed by atoms with Gasteiger partial charge in [-0.15, -0.1) is 0 Å². The normalized spacial score (nSPS) is 15.1. The van der Waals surface area contributed by atoms with Gasteiger partial charge in [-0.25, -0.2) is 19.0 Å². The van der Waals surface area contributed by atoms with Gasteiger partial charge in [-0.05, 0) is 37.1 Å². The zero-order chi connectivity index (χ0) is 25.2. The highest BCUT2D eigenvalue weighted by Gasteiger charge is 2.31. The Labute approximate surface area is 206 Å². The number of rotatable bonds is 6. The topological polar surface area (TPSA) is 123 Å². The van der Waals surface area contributed by atoms with Crippen molar-refractivity contribution in [3.8, 4) is 28.8 Å². The van der Waals surface area contributed by atoms with Crippen LogP contribution in [0.4, 0.5) is 10.2 Å². The summed E-state index contributed by atoms with van der Waals surface area (Å²) in [5, 5.41) is 14.1. The number of anilines is 1. The Morgan fingerprint density at radius 1 is 1.22 bits per heavy atom. The number of likely N-dealkylation sites (tertiary alicyclic amines) is 1. The predicted octanol–water partition coefficient (Wildman–Crippen LogP) is 4.08. The number of amides is 1. The number of hydrogen-bond donors (Lipinski definition) is 1. The summed E-state index contributed by atoms with van der Waals surface area (Å²) >= 11 is 0. The van der Waals surface area contributed by atoms with Crippen LogP contribution in [0.25, 0.3) is 22.3 Å². The number of hydrogen-bond acceptors (Lipinski definition) is 7. The van der Waals surface area contributed by atoms with E-state index in [2.05, 4.69) is 21.6 Å². The van der Waals surface area contributed by atoms with Crippen LogP contribution in [0.5, 0.6) is 11.5 Å². The van der Waals surface area contributed by atoms with Gasteiger partial charge in [0, 0.05) is 18.2 Å². The minimum absolute atomic E-state index is 0.112. The van der Waals surface area contributed by atoms with Crippen LogP contribution < -0.4 is 10.5 Å². The molecular formula is C26H22FN7O2. The zero-order valence-electron chi connectivity index (χ0n) is 19.3. The van der Waals surface area contributed by atoms with Crippen molar-refractivity contribution in [3.05, 3.63) is 72.8 Å². The first-order valence-electron chi connectivity index (χ1n) is 11.4. The fraction of sp³-hybridized carbons (Fsp3) is 0.192. The maximum atomic E-state index is 15.3. The van der Waals surface area contributed by atoms with Crippen molar-refractivity contribution < 1.29 is 13.9 Å². The largest absolute Gasteiger partial charge is 0.457 e. The number of carbonyl (C=O) groups is 1. The summed E-state index contributed by atoms with van der Waals surface area (Å²) in [7, 11) is 0. The van der Waals surface area contributed by atoms with E-state index in [0.29, 0.717) is 41.3 Å². The Morgan fingerprint density at radius 3 is 2.78 bits per heavy atom. The maximum absolute atomic E-state index is 15.3. The molecule has 180 valence electrons. The van der Waals surface area contributed by atoms with Crippen molar-refractivity contribution in [1.29, 1.82) is 5.26 Å². The fourth-order valence-electron chi connectivity index (χ4n) is 4.44. The molecule has 1 atom stereocenters. The average Bonchev–Trinajstić information content (AvgIpc) is 3.50. The van der Waals surface area contributed by atoms with E-state index in [1.54, 1.807) is 33.8 Å². The predicted molar refractivity (Wildman–Crippen MR) is 131 cm³/mol. The first-order chi connectivity index (χ1) is 17.5. The molecule has 1 aliphatic rings. The molecule has 0 radical (unpaired) electrons. The number of halogens is 1. The summed E-state index contributed by atoms with van der Waals surface area (Å²) in [6.07, 6.45) is 2.83. The third kappa shape index (κ3) is 4.22. The number of aromatic nitrogens is 4. The standard InChI is InChI=1S/C26H22FN7O2/c1-16(13-28)26(35)33-11-5-6-17(33)14-34-25-22(24(29)30-15-31-25)23(32-34)20-10-9-19(12-21(20)27)36-18-7-3-2-4-8-18/h2-4,7-10,12,15,17H,1,5-6,11,14H2,(H2,29,30,31)/t17-/m1/s1. The molecule has 2 aromatic heterocycles. The molecule has 10 heteroatoms. The lowest BCUT2D eigenvalue weighted by atomic mass is 10.1. The van der Waals surface area contributed by atoms with Crippen molar-refractivity contribution in [1.82, 2.24) is 24.6 Å². The molecule has 0 aliphatic carbocycles. The summed E-state index contributed by atoms with van der Waals surface area (Å²) in [6.45, 7) is 4.36. The lowest BCUT2D eigenvalue weighted by molar-refractivity contribution is -0.127. The van der Waals surface area contributed by atoms with Gasteiger partial charge in [0.25, 0.3) is 5.91 Å². The summed E-state index contributed by atoms with van der Waals surface area (Å²) < 4.78 is 22.7. The third-order valence-electron chi connectivity index (χ3n) is 6.15. The molecule has 1 saturated heterocycles. The molecule has 0 spiro atoms. The summed E-state index contributed by atoms with van der Waals surface area (Å²) in [4.78, 5) is 22.6. The van der Waals surface area contributed by atoms with E-state index >= 15 is 4.39 Å². The number of benzene rings is 2. The Morgan fingerprint density at radius 2 is 2.03 bits per heavy atom. The maximum Gasteiger partial charge on any atom is 0.264 e. The van der Waals surface area contributed by atoms with E-state index in [0.717, 1.165) is 12.8 Å². The van der Waals surface area contributed by atoms with Crippen molar-refractivity contribution in [2.24, 2.45) is 0 Å². The van der Waals surface area contributed by atoms with Gasteiger partial charge in [0.1, 0.15) is 46.8 Å². The fourth-order valence-corrected chi connectivity index (χ4v) is 4.44. The average molecular weight is 484 g/mol. The number of fused-ring (bicyclic) bond motifs is 1. The van der Waals surface area contributed by atoms with Crippen LogP contribution >= 0.6 is 0 Å². The molecule has 2 N–H and O–H groups in total. The van der Waals surface area contributed by atoms with Crippen molar-refractivity contribution in [2.45, 2.75) is 25.4 Å². The Balaban J connectivity index is 1.50. The molecule has 4 aromatic rings. The van der Waals surface area contributed by atoms with Crippen LogP contribution in [0.3, 0.4) is 0 Å². The van der Waals surface area contributed by atoms with Gasteiger partial charge in [-0.2, -0.15) is 10.4 Å². The monoisotopic (exact) mass is 483 g/mol. The molecule has 36 heavy (non-hydrogen) atoms. The second kappa shape index (κ2) is 9.46. The molecule has 9 nitrogen and oxygen atoms in total.